The Morgan fingerprint density at radius 1 is 1.32 bits per heavy atom. The first-order chi connectivity index (χ1) is 12.9. The SMILES string of the molecule is CC1(N(c2cc(C(F)(F)F)ccc2C(=O)NC23CC(C#N)(C2)C3)S(=O)O)CC1. The summed E-state index contributed by atoms with van der Waals surface area (Å²) in [6, 6.07) is 4.82. The summed E-state index contributed by atoms with van der Waals surface area (Å²) in [4.78, 5) is 12.8. The van der Waals surface area contributed by atoms with Crippen molar-refractivity contribution >= 4 is 22.9 Å². The molecule has 28 heavy (non-hydrogen) atoms. The van der Waals surface area contributed by atoms with Gasteiger partial charge in [0.05, 0.1) is 33.8 Å². The van der Waals surface area contributed by atoms with E-state index in [0.717, 1.165) is 22.5 Å². The zero-order valence-corrected chi connectivity index (χ0v) is 15.8. The van der Waals surface area contributed by atoms with E-state index in [1.54, 1.807) is 6.92 Å². The van der Waals surface area contributed by atoms with E-state index in [9.17, 15) is 26.7 Å². The number of rotatable bonds is 5. The number of nitriles is 1. The first-order valence-electron chi connectivity index (χ1n) is 8.79. The van der Waals surface area contributed by atoms with Crippen molar-refractivity contribution < 1.29 is 26.7 Å². The van der Waals surface area contributed by atoms with Crippen LogP contribution in [0.25, 0.3) is 0 Å². The number of hydrogen-bond acceptors (Lipinski definition) is 3. The molecule has 0 aliphatic heterocycles. The number of amides is 1. The van der Waals surface area contributed by atoms with Gasteiger partial charge >= 0.3 is 6.18 Å². The second kappa shape index (κ2) is 5.70. The molecular weight excluding hydrogens is 395 g/mol. The van der Waals surface area contributed by atoms with Gasteiger partial charge in [0.2, 0.25) is 0 Å². The topological polar surface area (TPSA) is 93.4 Å². The van der Waals surface area contributed by atoms with E-state index in [1.165, 1.54) is 0 Å². The van der Waals surface area contributed by atoms with E-state index in [4.69, 9.17) is 5.26 Å². The molecule has 2 bridgehead atoms. The largest absolute Gasteiger partial charge is 0.416 e. The van der Waals surface area contributed by atoms with Crippen LogP contribution in [0.4, 0.5) is 18.9 Å². The van der Waals surface area contributed by atoms with Crippen LogP contribution >= 0.6 is 0 Å². The molecule has 5 rings (SSSR count). The highest BCUT2D eigenvalue weighted by Crippen LogP contribution is 2.66. The van der Waals surface area contributed by atoms with E-state index in [-0.39, 0.29) is 11.3 Å². The standard InChI is InChI=1S/C18H18F3N3O3S/c1-15(4-5-15)24(28(26)27)13-6-11(18(19,20)21)2-3-12(13)14(25)23-17-7-16(8-17,9-17)10-22/h2-3,6H,4-5,7-9H2,1H3,(H,23,25)(H,26,27). The van der Waals surface area contributed by atoms with Crippen molar-refractivity contribution in [3.8, 4) is 6.07 Å². The summed E-state index contributed by atoms with van der Waals surface area (Å²) in [5, 5.41) is 11.9. The summed E-state index contributed by atoms with van der Waals surface area (Å²) in [5.41, 5.74) is -2.96. The Hall–Kier alpha value is -2.12. The lowest BCUT2D eigenvalue weighted by molar-refractivity contribution is -0.137. The van der Waals surface area contributed by atoms with E-state index in [0.29, 0.717) is 32.1 Å². The average molecular weight is 413 g/mol. The Kier molecular flexibility index (Phi) is 3.91. The Labute approximate surface area is 162 Å². The Balaban J connectivity index is 1.69. The predicted octanol–water partition coefficient (Wildman–Crippen LogP) is 3.38. The fourth-order valence-electron chi connectivity index (χ4n) is 4.36. The average Bonchev–Trinajstić information content (AvgIpc) is 3.26. The third-order valence-electron chi connectivity index (χ3n) is 6.05. The van der Waals surface area contributed by atoms with Crippen molar-refractivity contribution in [3.63, 3.8) is 0 Å². The number of anilines is 1. The predicted molar refractivity (Wildman–Crippen MR) is 94.4 cm³/mol. The van der Waals surface area contributed by atoms with Gasteiger partial charge in [-0.2, -0.15) is 18.4 Å². The molecule has 1 aromatic carbocycles. The van der Waals surface area contributed by atoms with Gasteiger partial charge in [-0.05, 0) is 57.2 Å². The zero-order chi connectivity index (χ0) is 20.5. The second-order valence-corrected chi connectivity index (χ2v) is 9.24. The van der Waals surface area contributed by atoms with Crippen molar-refractivity contribution in [2.75, 3.05) is 4.31 Å². The molecule has 0 heterocycles. The van der Waals surface area contributed by atoms with E-state index >= 15 is 0 Å². The maximum atomic E-state index is 13.2. The first kappa shape index (κ1) is 19.2. The molecule has 2 N–H and O–H groups in total. The number of carbonyl (C=O) groups is 1. The molecule has 1 unspecified atom stereocenters. The van der Waals surface area contributed by atoms with Crippen LogP contribution < -0.4 is 9.62 Å². The van der Waals surface area contributed by atoms with Gasteiger partial charge < -0.3 is 5.32 Å². The van der Waals surface area contributed by atoms with Crippen molar-refractivity contribution in [3.05, 3.63) is 29.3 Å². The van der Waals surface area contributed by atoms with Crippen LogP contribution in [0.5, 0.6) is 0 Å². The Bertz CT molecular complexity index is 916. The summed E-state index contributed by atoms with van der Waals surface area (Å²) >= 11 is -2.59. The van der Waals surface area contributed by atoms with Crippen LogP contribution in [-0.4, -0.2) is 25.7 Å². The fourth-order valence-corrected chi connectivity index (χ4v) is 5.24. The molecule has 0 saturated heterocycles. The summed E-state index contributed by atoms with van der Waals surface area (Å²) in [7, 11) is 0. The van der Waals surface area contributed by atoms with Crippen LogP contribution in [0, 0.1) is 16.7 Å². The lowest BCUT2D eigenvalue weighted by Crippen LogP contribution is -2.74. The number of nitrogens with one attached hydrogen (secondary N) is 1. The van der Waals surface area contributed by atoms with Gasteiger partial charge in [0.15, 0.2) is 0 Å². The Morgan fingerprint density at radius 3 is 2.39 bits per heavy atom. The van der Waals surface area contributed by atoms with Crippen LogP contribution in [0.3, 0.4) is 0 Å². The highest BCUT2D eigenvalue weighted by molar-refractivity contribution is 7.80. The van der Waals surface area contributed by atoms with Crippen molar-refractivity contribution in [1.29, 1.82) is 5.26 Å². The minimum Gasteiger partial charge on any atom is -0.346 e. The van der Waals surface area contributed by atoms with Gasteiger partial charge in [-0.15, -0.1) is 0 Å². The maximum absolute atomic E-state index is 13.2. The first-order valence-corrected chi connectivity index (χ1v) is 9.85. The Morgan fingerprint density at radius 2 is 1.93 bits per heavy atom. The van der Waals surface area contributed by atoms with Gasteiger partial charge in [-0.1, -0.05) is 0 Å². The molecule has 1 aromatic rings. The molecule has 10 heteroatoms. The molecule has 0 aromatic heterocycles. The molecule has 0 radical (unpaired) electrons. The fraction of sp³-hybridized carbons (Fsp3) is 0.556. The van der Waals surface area contributed by atoms with Crippen molar-refractivity contribution in [2.24, 2.45) is 5.41 Å². The zero-order valence-electron chi connectivity index (χ0n) is 15.0. The lowest BCUT2D eigenvalue weighted by atomic mass is 9.40. The third-order valence-corrected chi connectivity index (χ3v) is 7.00. The smallest absolute Gasteiger partial charge is 0.346 e. The van der Waals surface area contributed by atoms with E-state index in [2.05, 4.69) is 11.4 Å². The molecule has 0 spiro atoms. The van der Waals surface area contributed by atoms with E-state index < -0.39 is 45.4 Å². The second-order valence-electron chi connectivity index (χ2n) is 8.41. The highest BCUT2D eigenvalue weighted by atomic mass is 32.2. The van der Waals surface area contributed by atoms with Crippen LogP contribution in [0.1, 0.15) is 54.9 Å². The lowest BCUT2D eigenvalue weighted by Gasteiger charge is -2.67. The summed E-state index contributed by atoms with van der Waals surface area (Å²) in [6.07, 6.45) is -2.02. The van der Waals surface area contributed by atoms with E-state index in [1.807, 2.05) is 0 Å². The summed E-state index contributed by atoms with van der Waals surface area (Å²) in [5.74, 6) is -0.602. The number of carbonyl (C=O) groups excluding carboxylic acids is 1. The summed E-state index contributed by atoms with van der Waals surface area (Å²) < 4.78 is 62.3. The molecular formula is C18H18F3N3O3S. The van der Waals surface area contributed by atoms with Gasteiger partial charge in [0, 0.05) is 5.54 Å². The molecule has 1 atom stereocenters. The number of hydrogen-bond donors (Lipinski definition) is 2. The van der Waals surface area contributed by atoms with Gasteiger partial charge in [0.25, 0.3) is 17.2 Å². The monoisotopic (exact) mass is 413 g/mol. The normalized spacial score (nSPS) is 30.3. The van der Waals surface area contributed by atoms with Crippen LogP contribution in [-0.2, 0) is 17.4 Å². The number of halogens is 3. The van der Waals surface area contributed by atoms with Crippen molar-refractivity contribution in [2.45, 2.75) is 56.3 Å². The molecule has 4 fully saturated rings. The highest BCUT2D eigenvalue weighted by Gasteiger charge is 2.69. The molecule has 1 amide bonds. The molecule has 4 aliphatic carbocycles. The molecule has 150 valence electrons. The minimum atomic E-state index is -4.65. The maximum Gasteiger partial charge on any atom is 0.416 e. The quantitative estimate of drug-likeness (QED) is 0.724. The minimum absolute atomic E-state index is 0.0840. The number of alkyl halides is 3. The van der Waals surface area contributed by atoms with Gasteiger partial charge in [-0.3, -0.25) is 13.7 Å². The number of benzene rings is 1. The summed E-state index contributed by atoms with van der Waals surface area (Å²) in [6.45, 7) is 1.67. The van der Waals surface area contributed by atoms with Gasteiger partial charge in [0.1, 0.15) is 0 Å². The van der Waals surface area contributed by atoms with Crippen LogP contribution in [0.2, 0.25) is 0 Å². The molecule has 4 aliphatic rings. The molecule has 4 saturated carbocycles. The van der Waals surface area contributed by atoms with Gasteiger partial charge in [-0.25, -0.2) is 4.21 Å². The number of nitrogens with zero attached hydrogens (tertiary/aromatic N) is 2. The van der Waals surface area contributed by atoms with Crippen molar-refractivity contribution in [1.82, 2.24) is 5.32 Å². The third kappa shape index (κ3) is 2.88. The van der Waals surface area contributed by atoms with Crippen LogP contribution in [0.15, 0.2) is 18.2 Å². The molecule has 6 nitrogen and oxygen atoms in total.